The summed E-state index contributed by atoms with van der Waals surface area (Å²) in [6.07, 6.45) is 1.35. The van der Waals surface area contributed by atoms with Crippen molar-refractivity contribution in [2.75, 3.05) is 6.61 Å². The van der Waals surface area contributed by atoms with Gasteiger partial charge in [0.2, 0.25) is 11.7 Å². The van der Waals surface area contributed by atoms with Crippen LogP contribution in [-0.2, 0) is 20.9 Å². The van der Waals surface area contributed by atoms with E-state index in [4.69, 9.17) is 4.74 Å². The molecule has 29 heavy (non-hydrogen) atoms. The summed E-state index contributed by atoms with van der Waals surface area (Å²) in [7, 11) is 0. The van der Waals surface area contributed by atoms with Crippen molar-refractivity contribution in [2.45, 2.75) is 52.1 Å². The van der Waals surface area contributed by atoms with Gasteiger partial charge in [-0.15, -0.1) is 0 Å². The van der Waals surface area contributed by atoms with Crippen molar-refractivity contribution < 1.29 is 19.1 Å². The quantitative estimate of drug-likeness (QED) is 0.549. The van der Waals surface area contributed by atoms with Crippen LogP contribution in [0.1, 0.15) is 61.3 Å². The minimum Gasteiger partial charge on any atom is -0.464 e. The van der Waals surface area contributed by atoms with E-state index in [9.17, 15) is 14.4 Å². The van der Waals surface area contributed by atoms with E-state index in [1.54, 1.807) is 25.1 Å². The summed E-state index contributed by atoms with van der Waals surface area (Å²) in [4.78, 5) is 38.1. The van der Waals surface area contributed by atoms with Crippen LogP contribution < -0.4 is 5.32 Å². The van der Waals surface area contributed by atoms with Gasteiger partial charge < -0.3 is 14.6 Å². The molecule has 0 aliphatic carbocycles. The SMILES string of the molecule is CCOC(=O)[C@@H](NC(=O)C1CCn2c(C(=O)c3ccccc3)ccc21)[C@@H](C)CC. The summed E-state index contributed by atoms with van der Waals surface area (Å²) in [5.74, 6) is -1.06. The molecular weight excluding hydrogens is 368 g/mol. The van der Waals surface area contributed by atoms with Crippen molar-refractivity contribution in [3.63, 3.8) is 0 Å². The standard InChI is InChI=1S/C23H28N2O4/c1-4-15(3)20(23(28)29-5-2)24-22(27)17-13-14-25-18(17)11-12-19(25)21(26)16-9-7-6-8-10-16/h6-12,15,17,20H,4-5,13-14H2,1-3H3,(H,24,27)/t15-,17?,20-/m0/s1. The number of hydrogen-bond acceptors (Lipinski definition) is 4. The number of carbonyl (C=O) groups is 3. The van der Waals surface area contributed by atoms with Crippen LogP contribution in [0.15, 0.2) is 42.5 Å². The van der Waals surface area contributed by atoms with E-state index in [2.05, 4.69) is 5.32 Å². The van der Waals surface area contributed by atoms with E-state index < -0.39 is 12.0 Å². The fraction of sp³-hybridized carbons (Fsp3) is 0.435. The van der Waals surface area contributed by atoms with E-state index >= 15 is 0 Å². The van der Waals surface area contributed by atoms with E-state index in [0.717, 1.165) is 12.1 Å². The van der Waals surface area contributed by atoms with E-state index in [1.807, 2.05) is 42.7 Å². The number of rotatable bonds is 8. The number of ether oxygens (including phenoxy) is 1. The molecule has 1 N–H and O–H groups in total. The van der Waals surface area contributed by atoms with Gasteiger partial charge in [-0.05, 0) is 31.4 Å². The van der Waals surface area contributed by atoms with Crippen molar-refractivity contribution in [1.29, 1.82) is 0 Å². The highest BCUT2D eigenvalue weighted by molar-refractivity contribution is 6.08. The van der Waals surface area contributed by atoms with E-state index in [1.165, 1.54) is 0 Å². The molecule has 2 aromatic rings. The summed E-state index contributed by atoms with van der Waals surface area (Å²) in [5.41, 5.74) is 2.03. The predicted molar refractivity (Wildman–Crippen MR) is 110 cm³/mol. The molecule has 1 unspecified atom stereocenters. The number of amides is 1. The van der Waals surface area contributed by atoms with Crippen molar-refractivity contribution in [3.05, 3.63) is 59.4 Å². The highest BCUT2D eigenvalue weighted by Crippen LogP contribution is 2.32. The Morgan fingerprint density at radius 1 is 1.14 bits per heavy atom. The van der Waals surface area contributed by atoms with Gasteiger partial charge in [-0.3, -0.25) is 9.59 Å². The third-order valence-corrected chi connectivity index (χ3v) is 5.65. The van der Waals surface area contributed by atoms with Crippen LogP contribution in [0.2, 0.25) is 0 Å². The molecule has 3 atom stereocenters. The minimum atomic E-state index is -0.665. The summed E-state index contributed by atoms with van der Waals surface area (Å²) in [6, 6.07) is 12.1. The van der Waals surface area contributed by atoms with Gasteiger partial charge in [-0.2, -0.15) is 0 Å². The van der Waals surface area contributed by atoms with Crippen LogP contribution in [0.25, 0.3) is 0 Å². The summed E-state index contributed by atoms with van der Waals surface area (Å²) in [5, 5.41) is 2.89. The first-order valence-electron chi connectivity index (χ1n) is 10.2. The lowest BCUT2D eigenvalue weighted by Gasteiger charge is -2.24. The van der Waals surface area contributed by atoms with Crippen LogP contribution >= 0.6 is 0 Å². The van der Waals surface area contributed by atoms with Crippen molar-refractivity contribution in [1.82, 2.24) is 9.88 Å². The third kappa shape index (κ3) is 4.26. The first-order chi connectivity index (χ1) is 14.0. The zero-order valence-corrected chi connectivity index (χ0v) is 17.2. The lowest BCUT2D eigenvalue weighted by Crippen LogP contribution is -2.47. The molecule has 0 bridgehead atoms. The minimum absolute atomic E-state index is 0.0265. The van der Waals surface area contributed by atoms with E-state index in [0.29, 0.717) is 24.2 Å². The smallest absolute Gasteiger partial charge is 0.328 e. The summed E-state index contributed by atoms with van der Waals surface area (Å²) in [6.45, 7) is 6.53. The first-order valence-corrected chi connectivity index (χ1v) is 10.2. The Kier molecular flexibility index (Phi) is 6.52. The topological polar surface area (TPSA) is 77.4 Å². The normalized spacial score (nSPS) is 17.3. The number of hydrogen-bond donors (Lipinski definition) is 1. The van der Waals surface area contributed by atoms with Crippen molar-refractivity contribution >= 4 is 17.7 Å². The Bertz CT molecular complexity index is 888. The molecule has 6 nitrogen and oxygen atoms in total. The number of benzene rings is 1. The molecule has 1 amide bonds. The zero-order valence-electron chi connectivity index (χ0n) is 17.2. The second-order valence-electron chi connectivity index (χ2n) is 7.46. The third-order valence-electron chi connectivity index (χ3n) is 5.65. The maximum Gasteiger partial charge on any atom is 0.328 e. The maximum absolute atomic E-state index is 13.0. The molecule has 2 heterocycles. The molecular formula is C23H28N2O4. The molecule has 3 rings (SSSR count). The van der Waals surface area contributed by atoms with Gasteiger partial charge in [0.05, 0.1) is 18.2 Å². The fourth-order valence-electron chi connectivity index (χ4n) is 3.80. The lowest BCUT2D eigenvalue weighted by atomic mass is 9.97. The summed E-state index contributed by atoms with van der Waals surface area (Å²) >= 11 is 0. The molecule has 0 spiro atoms. The number of fused-ring (bicyclic) bond motifs is 1. The number of nitrogens with one attached hydrogen (secondary N) is 1. The number of nitrogens with zero attached hydrogens (tertiary/aromatic N) is 1. The molecule has 0 fully saturated rings. The summed E-state index contributed by atoms with van der Waals surface area (Å²) < 4.78 is 7.06. The molecule has 1 aliphatic rings. The molecule has 6 heteroatoms. The van der Waals surface area contributed by atoms with Gasteiger partial charge in [0.25, 0.3) is 0 Å². The average molecular weight is 396 g/mol. The van der Waals surface area contributed by atoms with E-state index in [-0.39, 0.29) is 30.1 Å². The lowest BCUT2D eigenvalue weighted by molar-refractivity contribution is -0.149. The van der Waals surface area contributed by atoms with Crippen molar-refractivity contribution in [2.24, 2.45) is 5.92 Å². The first kappa shape index (κ1) is 20.8. The highest BCUT2D eigenvalue weighted by atomic mass is 16.5. The maximum atomic E-state index is 13.0. The number of esters is 1. The molecule has 0 saturated carbocycles. The van der Waals surface area contributed by atoms with Gasteiger partial charge in [0.1, 0.15) is 6.04 Å². The molecule has 1 aromatic heterocycles. The average Bonchev–Trinajstić information content (AvgIpc) is 3.33. The Hall–Kier alpha value is -2.89. The van der Waals surface area contributed by atoms with Crippen LogP contribution in [0.5, 0.6) is 0 Å². The molecule has 0 radical (unpaired) electrons. The number of carbonyl (C=O) groups excluding carboxylic acids is 3. The Morgan fingerprint density at radius 2 is 1.86 bits per heavy atom. The van der Waals surface area contributed by atoms with Gasteiger partial charge in [-0.1, -0.05) is 50.6 Å². The monoisotopic (exact) mass is 396 g/mol. The predicted octanol–water partition coefficient (Wildman–Crippen LogP) is 3.30. The van der Waals surface area contributed by atoms with Gasteiger partial charge in [0.15, 0.2) is 0 Å². The Labute approximate surface area is 171 Å². The van der Waals surface area contributed by atoms with Crippen LogP contribution in [0.4, 0.5) is 0 Å². The van der Waals surface area contributed by atoms with Gasteiger partial charge in [0, 0.05) is 17.8 Å². The van der Waals surface area contributed by atoms with Gasteiger partial charge in [-0.25, -0.2) is 4.79 Å². The Balaban J connectivity index is 1.78. The second-order valence-corrected chi connectivity index (χ2v) is 7.46. The molecule has 0 saturated heterocycles. The molecule has 154 valence electrons. The largest absolute Gasteiger partial charge is 0.464 e. The fourth-order valence-corrected chi connectivity index (χ4v) is 3.80. The van der Waals surface area contributed by atoms with Crippen LogP contribution in [0, 0.1) is 5.92 Å². The second kappa shape index (κ2) is 9.07. The van der Waals surface area contributed by atoms with Crippen molar-refractivity contribution in [3.8, 4) is 0 Å². The number of aromatic nitrogens is 1. The molecule has 1 aliphatic heterocycles. The Morgan fingerprint density at radius 3 is 2.52 bits per heavy atom. The zero-order chi connectivity index (χ0) is 21.0. The van der Waals surface area contributed by atoms with Gasteiger partial charge >= 0.3 is 5.97 Å². The van der Waals surface area contributed by atoms with Crippen LogP contribution in [-0.4, -0.2) is 34.9 Å². The highest BCUT2D eigenvalue weighted by Gasteiger charge is 2.35. The molecule has 1 aromatic carbocycles. The van der Waals surface area contributed by atoms with Crippen LogP contribution in [0.3, 0.4) is 0 Å². The number of ketones is 1.